The first kappa shape index (κ1) is 7.72. The number of amides is 1. The molecule has 1 heterocycles. The summed E-state index contributed by atoms with van der Waals surface area (Å²) in [4.78, 5) is 14.6. The van der Waals surface area contributed by atoms with Crippen LogP contribution in [0.5, 0.6) is 0 Å². The van der Waals surface area contributed by atoms with Crippen LogP contribution in [0.2, 0.25) is 0 Å². The van der Waals surface area contributed by atoms with E-state index in [-0.39, 0.29) is 5.91 Å². The molecule has 1 aromatic heterocycles. The Labute approximate surface area is 65.5 Å². The Morgan fingerprint density at radius 2 is 2.27 bits per heavy atom. The molecular weight excluding hydrogens is 140 g/mol. The van der Waals surface area contributed by atoms with Gasteiger partial charge in [-0.3, -0.25) is 9.78 Å². The molecule has 0 aromatic carbocycles. The van der Waals surface area contributed by atoms with Crippen LogP contribution in [0.1, 0.15) is 12.6 Å². The van der Waals surface area contributed by atoms with E-state index >= 15 is 0 Å². The molecule has 0 aliphatic heterocycles. The van der Waals surface area contributed by atoms with Crippen LogP contribution >= 0.6 is 0 Å². The highest BCUT2D eigenvalue weighted by atomic mass is 16.1. The lowest BCUT2D eigenvalue weighted by Gasteiger charge is -1.99. The summed E-state index contributed by atoms with van der Waals surface area (Å²) < 4.78 is 0. The molecule has 0 atom stereocenters. The summed E-state index contributed by atoms with van der Waals surface area (Å²) in [6.45, 7) is 3.37. The van der Waals surface area contributed by atoms with E-state index in [4.69, 9.17) is 0 Å². The number of pyridine rings is 1. The van der Waals surface area contributed by atoms with Crippen molar-refractivity contribution in [2.45, 2.75) is 13.8 Å². The molecule has 58 valence electrons. The SMILES string of the molecule is CC(=O)Nc1ccc(C)nc1. The van der Waals surface area contributed by atoms with Crippen molar-refractivity contribution in [2.75, 3.05) is 5.32 Å². The molecule has 1 aromatic rings. The topological polar surface area (TPSA) is 42.0 Å². The zero-order valence-electron chi connectivity index (χ0n) is 6.59. The number of rotatable bonds is 1. The van der Waals surface area contributed by atoms with Crippen LogP contribution in [0.15, 0.2) is 18.3 Å². The van der Waals surface area contributed by atoms with Gasteiger partial charge in [0.25, 0.3) is 0 Å². The van der Waals surface area contributed by atoms with Crippen LogP contribution in [0.3, 0.4) is 0 Å². The predicted molar refractivity (Wildman–Crippen MR) is 43.3 cm³/mol. The number of hydrogen-bond acceptors (Lipinski definition) is 2. The lowest BCUT2D eigenvalue weighted by molar-refractivity contribution is -0.114. The van der Waals surface area contributed by atoms with Crippen molar-refractivity contribution in [3.8, 4) is 0 Å². The monoisotopic (exact) mass is 150 g/mol. The molecule has 0 aliphatic carbocycles. The molecule has 1 amide bonds. The van der Waals surface area contributed by atoms with Crippen LogP contribution in [-0.4, -0.2) is 10.9 Å². The molecular formula is C8H10N2O. The fraction of sp³-hybridized carbons (Fsp3) is 0.250. The molecule has 0 radical (unpaired) electrons. The lowest BCUT2D eigenvalue weighted by atomic mass is 10.3. The van der Waals surface area contributed by atoms with Gasteiger partial charge in [-0.1, -0.05) is 0 Å². The smallest absolute Gasteiger partial charge is 0.221 e. The summed E-state index contributed by atoms with van der Waals surface area (Å²) >= 11 is 0. The maximum Gasteiger partial charge on any atom is 0.221 e. The molecule has 0 saturated heterocycles. The third kappa shape index (κ3) is 2.37. The number of carbonyl (C=O) groups is 1. The minimum atomic E-state index is -0.0735. The average Bonchev–Trinajstić information content (AvgIpc) is 1.93. The van der Waals surface area contributed by atoms with Gasteiger partial charge in [-0.25, -0.2) is 0 Å². The Bertz CT molecular complexity index is 253. The van der Waals surface area contributed by atoms with Crippen LogP contribution in [-0.2, 0) is 4.79 Å². The Balaban J connectivity index is 2.74. The van der Waals surface area contributed by atoms with Crippen molar-refractivity contribution in [1.82, 2.24) is 4.98 Å². The minimum Gasteiger partial charge on any atom is -0.325 e. The normalized spacial score (nSPS) is 9.27. The highest BCUT2D eigenvalue weighted by Gasteiger charge is 1.93. The number of aryl methyl sites for hydroxylation is 1. The highest BCUT2D eigenvalue weighted by Crippen LogP contribution is 2.04. The van der Waals surface area contributed by atoms with E-state index in [9.17, 15) is 4.79 Å². The van der Waals surface area contributed by atoms with Crippen LogP contribution in [0.25, 0.3) is 0 Å². The van der Waals surface area contributed by atoms with Crippen molar-refractivity contribution in [2.24, 2.45) is 0 Å². The van der Waals surface area contributed by atoms with E-state index in [1.54, 1.807) is 6.20 Å². The standard InChI is InChI=1S/C8H10N2O/c1-6-3-4-8(5-9-6)10-7(2)11/h3-5H,1-2H3,(H,10,11). The molecule has 3 nitrogen and oxygen atoms in total. The average molecular weight is 150 g/mol. The summed E-state index contributed by atoms with van der Waals surface area (Å²) in [6.07, 6.45) is 1.64. The summed E-state index contributed by atoms with van der Waals surface area (Å²) in [5.74, 6) is -0.0735. The lowest BCUT2D eigenvalue weighted by Crippen LogP contribution is -2.05. The summed E-state index contributed by atoms with van der Waals surface area (Å²) in [5, 5.41) is 2.63. The Hall–Kier alpha value is -1.38. The predicted octanol–water partition coefficient (Wildman–Crippen LogP) is 1.35. The second-order valence-corrected chi connectivity index (χ2v) is 2.37. The molecule has 0 bridgehead atoms. The summed E-state index contributed by atoms with van der Waals surface area (Å²) in [5.41, 5.74) is 1.68. The Kier molecular flexibility index (Phi) is 2.21. The van der Waals surface area contributed by atoms with E-state index < -0.39 is 0 Å². The largest absolute Gasteiger partial charge is 0.325 e. The van der Waals surface area contributed by atoms with Gasteiger partial charge in [-0.05, 0) is 19.1 Å². The molecule has 11 heavy (non-hydrogen) atoms. The number of carbonyl (C=O) groups excluding carboxylic acids is 1. The van der Waals surface area contributed by atoms with Crippen molar-refractivity contribution in [3.63, 3.8) is 0 Å². The van der Waals surface area contributed by atoms with Gasteiger partial charge in [0.15, 0.2) is 0 Å². The minimum absolute atomic E-state index is 0.0735. The molecule has 1 N–H and O–H groups in total. The number of anilines is 1. The fourth-order valence-electron chi connectivity index (χ4n) is 0.745. The number of nitrogens with zero attached hydrogens (tertiary/aromatic N) is 1. The van der Waals surface area contributed by atoms with E-state index in [1.807, 2.05) is 19.1 Å². The first-order chi connectivity index (χ1) is 5.18. The molecule has 3 heteroatoms. The quantitative estimate of drug-likeness (QED) is 0.656. The van der Waals surface area contributed by atoms with Gasteiger partial charge in [0, 0.05) is 12.6 Å². The maximum atomic E-state index is 10.6. The first-order valence-electron chi connectivity index (χ1n) is 3.39. The van der Waals surface area contributed by atoms with E-state index in [2.05, 4.69) is 10.3 Å². The third-order valence-electron chi connectivity index (χ3n) is 1.23. The van der Waals surface area contributed by atoms with Crippen molar-refractivity contribution >= 4 is 11.6 Å². The van der Waals surface area contributed by atoms with Gasteiger partial charge in [0.05, 0.1) is 11.9 Å². The van der Waals surface area contributed by atoms with Crippen molar-refractivity contribution in [1.29, 1.82) is 0 Å². The first-order valence-corrected chi connectivity index (χ1v) is 3.39. The van der Waals surface area contributed by atoms with Gasteiger partial charge >= 0.3 is 0 Å². The van der Waals surface area contributed by atoms with E-state index in [1.165, 1.54) is 6.92 Å². The van der Waals surface area contributed by atoms with Crippen LogP contribution in [0.4, 0.5) is 5.69 Å². The molecule has 0 aliphatic rings. The van der Waals surface area contributed by atoms with Crippen molar-refractivity contribution < 1.29 is 4.79 Å². The zero-order valence-corrected chi connectivity index (χ0v) is 6.59. The second kappa shape index (κ2) is 3.14. The van der Waals surface area contributed by atoms with Gasteiger partial charge in [-0.2, -0.15) is 0 Å². The maximum absolute atomic E-state index is 10.6. The van der Waals surface area contributed by atoms with Gasteiger partial charge in [0.1, 0.15) is 0 Å². The van der Waals surface area contributed by atoms with Gasteiger partial charge in [0.2, 0.25) is 5.91 Å². The van der Waals surface area contributed by atoms with Crippen molar-refractivity contribution in [3.05, 3.63) is 24.0 Å². The van der Waals surface area contributed by atoms with Gasteiger partial charge < -0.3 is 5.32 Å². The molecule has 0 fully saturated rings. The van der Waals surface area contributed by atoms with E-state index in [0.717, 1.165) is 11.4 Å². The number of nitrogens with one attached hydrogen (secondary N) is 1. The number of hydrogen-bond donors (Lipinski definition) is 1. The number of aromatic nitrogens is 1. The Morgan fingerprint density at radius 3 is 2.73 bits per heavy atom. The molecule has 0 unspecified atom stereocenters. The molecule has 1 rings (SSSR count). The third-order valence-corrected chi connectivity index (χ3v) is 1.23. The molecule has 0 saturated carbocycles. The fourth-order valence-corrected chi connectivity index (χ4v) is 0.745. The van der Waals surface area contributed by atoms with Crippen LogP contribution in [0, 0.1) is 6.92 Å². The molecule has 0 spiro atoms. The second-order valence-electron chi connectivity index (χ2n) is 2.37. The van der Waals surface area contributed by atoms with Gasteiger partial charge in [-0.15, -0.1) is 0 Å². The zero-order chi connectivity index (χ0) is 8.27. The Morgan fingerprint density at radius 1 is 1.55 bits per heavy atom. The summed E-state index contributed by atoms with van der Waals surface area (Å²) in [6, 6.07) is 3.68. The van der Waals surface area contributed by atoms with Crippen LogP contribution < -0.4 is 5.32 Å². The summed E-state index contributed by atoms with van der Waals surface area (Å²) in [7, 11) is 0. The van der Waals surface area contributed by atoms with E-state index in [0.29, 0.717) is 0 Å². The highest BCUT2D eigenvalue weighted by molar-refractivity contribution is 5.88.